The van der Waals surface area contributed by atoms with Gasteiger partial charge < -0.3 is 10.0 Å². The van der Waals surface area contributed by atoms with Crippen LogP contribution >= 0.6 is 12.4 Å². The van der Waals surface area contributed by atoms with E-state index in [0.717, 1.165) is 18.2 Å². The van der Waals surface area contributed by atoms with Crippen LogP contribution in [0.3, 0.4) is 0 Å². The molecule has 0 aromatic carbocycles. The van der Waals surface area contributed by atoms with Gasteiger partial charge in [0.2, 0.25) is 0 Å². The molecule has 0 aromatic heterocycles. The van der Waals surface area contributed by atoms with E-state index < -0.39 is 11.1 Å². The maximum Gasteiger partial charge on any atom is 0.182 e. The Balaban J connectivity index is 0.00000180. The van der Waals surface area contributed by atoms with Crippen LogP contribution in [0.1, 0.15) is 19.3 Å². The number of hydrogen-bond donors (Lipinski definition) is 2. The molecular weight excluding hydrogens is 274 g/mol. The average Bonchev–Trinajstić information content (AvgIpc) is 2.78. The summed E-state index contributed by atoms with van der Waals surface area (Å²) in [7, 11) is 0. The van der Waals surface area contributed by atoms with Gasteiger partial charge in [0.15, 0.2) is 5.03 Å². The van der Waals surface area contributed by atoms with Crippen LogP contribution in [0.15, 0.2) is 12.4 Å². The van der Waals surface area contributed by atoms with E-state index in [1.54, 1.807) is 6.20 Å². The van der Waals surface area contributed by atoms with Crippen LogP contribution in [0, 0.1) is 10.1 Å². The molecule has 2 rings (SSSR count). The summed E-state index contributed by atoms with van der Waals surface area (Å²) >= 11 is 0. The van der Waals surface area contributed by atoms with Crippen LogP contribution in [-0.4, -0.2) is 57.4 Å². The number of likely N-dealkylation sites (tertiary alicyclic amines) is 1. The third-order valence-corrected chi connectivity index (χ3v) is 3.12. The predicted octanol–water partition coefficient (Wildman–Crippen LogP) is -0.0449. The second kappa shape index (κ2) is 7.49. The largest absolute Gasteiger partial charge is 0.390 e. The second-order valence-corrected chi connectivity index (χ2v) is 4.65. The van der Waals surface area contributed by atoms with E-state index in [0.29, 0.717) is 13.1 Å². The first kappa shape index (κ1) is 16.0. The van der Waals surface area contributed by atoms with Crippen LogP contribution in [0.25, 0.3) is 0 Å². The van der Waals surface area contributed by atoms with Gasteiger partial charge in [-0.15, -0.1) is 12.4 Å². The third kappa shape index (κ3) is 4.83. The minimum Gasteiger partial charge on any atom is -0.390 e. The van der Waals surface area contributed by atoms with Crippen LogP contribution < -0.4 is 5.53 Å². The third-order valence-electron chi connectivity index (χ3n) is 3.12. The molecule has 110 valence electrons. The zero-order valence-corrected chi connectivity index (χ0v) is 11.5. The number of piperidine rings is 1. The van der Waals surface area contributed by atoms with Crippen molar-refractivity contribution in [2.24, 2.45) is 0 Å². The smallest absolute Gasteiger partial charge is 0.182 e. The topological polar surface area (TPSA) is 85.1 Å². The van der Waals surface area contributed by atoms with Gasteiger partial charge in [-0.1, -0.05) is 12.0 Å². The van der Waals surface area contributed by atoms with Crippen molar-refractivity contribution in [3.63, 3.8) is 0 Å². The molecule has 19 heavy (non-hydrogen) atoms. The molecule has 0 spiro atoms. The summed E-state index contributed by atoms with van der Waals surface area (Å²) in [5.41, 5.74) is 2.54. The number of nitrogens with zero attached hydrogens (tertiary/aromatic N) is 4. The molecule has 0 saturated carbocycles. The van der Waals surface area contributed by atoms with Gasteiger partial charge in [-0.3, -0.25) is 5.01 Å². The molecule has 2 heterocycles. The molecule has 2 aliphatic heterocycles. The number of rotatable bonds is 5. The van der Waals surface area contributed by atoms with E-state index in [-0.39, 0.29) is 12.4 Å². The van der Waals surface area contributed by atoms with Crippen molar-refractivity contribution in [2.45, 2.75) is 25.4 Å². The fourth-order valence-electron chi connectivity index (χ4n) is 2.26. The van der Waals surface area contributed by atoms with Crippen molar-refractivity contribution in [1.29, 1.82) is 0 Å². The molecule has 9 heteroatoms. The van der Waals surface area contributed by atoms with Gasteiger partial charge in [0.05, 0.1) is 12.6 Å². The Morgan fingerprint density at radius 3 is 2.53 bits per heavy atom. The summed E-state index contributed by atoms with van der Waals surface area (Å²) < 4.78 is 0. The van der Waals surface area contributed by atoms with Crippen molar-refractivity contribution in [3.8, 4) is 0 Å². The fourth-order valence-corrected chi connectivity index (χ4v) is 2.26. The maximum atomic E-state index is 10.5. The highest BCUT2D eigenvalue weighted by Crippen LogP contribution is 2.09. The molecule has 2 N–H and O–H groups in total. The lowest BCUT2D eigenvalue weighted by atomic mass is 10.1. The minimum atomic E-state index is -0.562. The summed E-state index contributed by atoms with van der Waals surface area (Å²) in [6.07, 6.45) is 5.97. The first-order chi connectivity index (χ1) is 8.65. The molecule has 0 amide bonds. The van der Waals surface area contributed by atoms with E-state index >= 15 is 0 Å². The Morgan fingerprint density at radius 1 is 1.26 bits per heavy atom. The molecule has 0 bridgehead atoms. The lowest BCUT2D eigenvalue weighted by Crippen LogP contribution is -2.47. The molecule has 8 nitrogen and oxygen atoms in total. The van der Waals surface area contributed by atoms with Gasteiger partial charge in [-0.25, -0.2) is 10.1 Å². The van der Waals surface area contributed by atoms with Crippen molar-refractivity contribution in [3.05, 3.63) is 22.5 Å². The van der Waals surface area contributed by atoms with E-state index in [9.17, 15) is 15.2 Å². The molecule has 1 unspecified atom stereocenters. The summed E-state index contributed by atoms with van der Waals surface area (Å²) in [6.45, 7) is 3.00. The van der Waals surface area contributed by atoms with E-state index in [1.807, 2.05) is 0 Å². The van der Waals surface area contributed by atoms with Gasteiger partial charge >= 0.3 is 0 Å². The number of nitrogens with one attached hydrogen (secondary N) is 1. The van der Waals surface area contributed by atoms with Gasteiger partial charge in [0, 0.05) is 12.7 Å². The monoisotopic (exact) mass is 293 g/mol. The summed E-state index contributed by atoms with van der Waals surface area (Å²) in [5.74, 6) is 0. The number of halogens is 1. The normalized spacial score (nSPS) is 21.3. The van der Waals surface area contributed by atoms with Gasteiger partial charge in [0.1, 0.15) is 6.20 Å². The standard InChI is InChI=1S/C10H19N5O3.ClH/c16-10(8-12-4-2-1-3-5-12)9-13-6-7-14(11-13)15(17)18;/h6-7,10-11,16H,1-5,8-9H2;1H. The van der Waals surface area contributed by atoms with Crippen LogP contribution in [-0.2, 0) is 0 Å². The Morgan fingerprint density at radius 2 is 1.95 bits per heavy atom. The first-order valence-corrected chi connectivity index (χ1v) is 6.20. The van der Waals surface area contributed by atoms with Gasteiger partial charge in [0.25, 0.3) is 0 Å². The van der Waals surface area contributed by atoms with Crippen LogP contribution in [0.2, 0.25) is 0 Å². The van der Waals surface area contributed by atoms with Crippen molar-refractivity contribution >= 4 is 12.4 Å². The summed E-state index contributed by atoms with van der Waals surface area (Å²) in [6, 6.07) is 0. The lowest BCUT2D eigenvalue weighted by Gasteiger charge is -2.29. The summed E-state index contributed by atoms with van der Waals surface area (Å²) in [4.78, 5) is 12.7. The molecule has 0 aliphatic carbocycles. The number of hydrazine groups is 3. The number of aliphatic hydroxyl groups is 1. The SMILES string of the molecule is Cl.O=[N+]([O-])N1C=CN(CC(O)CN2CCCCC2)N1. The highest BCUT2D eigenvalue weighted by atomic mass is 35.5. The Bertz CT molecular complexity index is 324. The molecule has 0 aromatic rings. The lowest BCUT2D eigenvalue weighted by molar-refractivity contribution is -0.657. The minimum absolute atomic E-state index is 0. The number of nitro groups is 1. The van der Waals surface area contributed by atoms with Gasteiger partial charge in [-0.2, -0.15) is 0 Å². The zero-order valence-electron chi connectivity index (χ0n) is 10.6. The van der Waals surface area contributed by atoms with E-state index in [2.05, 4.69) is 10.4 Å². The zero-order chi connectivity index (χ0) is 13.0. The van der Waals surface area contributed by atoms with Crippen molar-refractivity contribution in [1.82, 2.24) is 20.6 Å². The number of β-amino-alcohol motifs (C(OH)–C–C–N with tert-alkyl or cyclic N) is 1. The summed E-state index contributed by atoms with van der Waals surface area (Å²) in [5, 5.41) is 22.1. The highest BCUT2D eigenvalue weighted by molar-refractivity contribution is 5.85. The van der Waals surface area contributed by atoms with Gasteiger partial charge in [-0.05, 0) is 31.0 Å². The number of aliphatic hydroxyl groups excluding tert-OH is 1. The Labute approximate surface area is 118 Å². The molecule has 0 radical (unpaired) electrons. The van der Waals surface area contributed by atoms with Crippen LogP contribution in [0.5, 0.6) is 0 Å². The molecular formula is C10H20ClN5O3. The Kier molecular flexibility index (Phi) is 6.29. The molecule has 2 aliphatic rings. The van der Waals surface area contributed by atoms with Crippen LogP contribution in [0.4, 0.5) is 0 Å². The fraction of sp³-hybridized carbons (Fsp3) is 0.800. The quantitative estimate of drug-likeness (QED) is 0.543. The molecule has 1 atom stereocenters. The maximum absolute atomic E-state index is 10.5. The predicted molar refractivity (Wildman–Crippen MR) is 71.4 cm³/mol. The average molecular weight is 294 g/mol. The first-order valence-electron chi connectivity index (χ1n) is 6.20. The van der Waals surface area contributed by atoms with E-state index in [4.69, 9.17) is 0 Å². The van der Waals surface area contributed by atoms with Crippen molar-refractivity contribution in [2.75, 3.05) is 26.2 Å². The Hall–Kier alpha value is -1.09. The molecule has 1 saturated heterocycles. The van der Waals surface area contributed by atoms with Crippen molar-refractivity contribution < 1.29 is 10.1 Å². The highest BCUT2D eigenvalue weighted by Gasteiger charge is 2.22. The van der Waals surface area contributed by atoms with E-state index in [1.165, 1.54) is 30.5 Å². The number of hydrogen-bond acceptors (Lipinski definition) is 6. The molecule has 1 fully saturated rings. The second-order valence-electron chi connectivity index (χ2n) is 4.65.